The lowest BCUT2D eigenvalue weighted by Crippen LogP contribution is -2.45. The molecule has 0 fully saturated rings. The highest BCUT2D eigenvalue weighted by molar-refractivity contribution is 6.01. The molecule has 1 aromatic heterocycles. The average Bonchev–Trinajstić information content (AvgIpc) is 3.38. The van der Waals surface area contributed by atoms with Crippen molar-refractivity contribution < 1.29 is 23.8 Å². The highest BCUT2D eigenvalue weighted by Gasteiger charge is 2.34. The number of phenols is 1. The van der Waals surface area contributed by atoms with Crippen LogP contribution >= 0.6 is 0 Å². The largest absolute Gasteiger partial charge is 0.504 e. The molecule has 0 saturated heterocycles. The number of aromatic nitrogens is 3. The maximum absolute atomic E-state index is 14.0. The summed E-state index contributed by atoms with van der Waals surface area (Å²) in [7, 11) is 1.41. The van der Waals surface area contributed by atoms with Crippen molar-refractivity contribution in [2.45, 2.75) is 19.1 Å². The van der Waals surface area contributed by atoms with Crippen LogP contribution in [0.25, 0.3) is 11.0 Å². The fourth-order valence-electron chi connectivity index (χ4n) is 4.45. The van der Waals surface area contributed by atoms with Crippen molar-refractivity contribution in [3.05, 3.63) is 114 Å². The van der Waals surface area contributed by atoms with Crippen LogP contribution < -0.4 is 15.0 Å². The van der Waals surface area contributed by atoms with E-state index >= 15 is 0 Å². The molecule has 0 bridgehead atoms. The number of hydrogen-bond acceptors (Lipinski definition) is 6. The van der Waals surface area contributed by atoms with Gasteiger partial charge in [-0.2, -0.15) is 0 Å². The Labute approximate surface area is 229 Å². The summed E-state index contributed by atoms with van der Waals surface area (Å²) in [6.07, 6.45) is 0. The SMILES string of the molecule is COc1ccc(C(C(=O)NCc2ccccc2)N(C(=O)Cn2nnc3ccccc32)c2ccc(F)cc2)cc1O. The monoisotopic (exact) mass is 539 g/mol. The molecule has 0 saturated carbocycles. The Kier molecular flexibility index (Phi) is 7.68. The number of amides is 2. The van der Waals surface area contributed by atoms with Crippen LogP contribution in [0.15, 0.2) is 97.1 Å². The van der Waals surface area contributed by atoms with Gasteiger partial charge in [0.15, 0.2) is 11.5 Å². The summed E-state index contributed by atoms with van der Waals surface area (Å²) in [5, 5.41) is 21.7. The molecule has 4 aromatic carbocycles. The van der Waals surface area contributed by atoms with Crippen LogP contribution in [0.3, 0.4) is 0 Å². The number of rotatable bonds is 9. The number of anilines is 1. The molecular formula is C30H26FN5O4. The normalized spacial score (nSPS) is 11.7. The highest BCUT2D eigenvalue weighted by Crippen LogP contribution is 2.34. The van der Waals surface area contributed by atoms with Crippen LogP contribution in [-0.4, -0.2) is 39.0 Å². The maximum Gasteiger partial charge on any atom is 0.249 e. The number of benzene rings is 4. The van der Waals surface area contributed by atoms with Crippen molar-refractivity contribution in [3.8, 4) is 11.5 Å². The second kappa shape index (κ2) is 11.6. The van der Waals surface area contributed by atoms with Gasteiger partial charge in [-0.05, 0) is 59.7 Å². The number of phenolic OH excluding ortho intramolecular Hbond substituents is 1. The second-order valence-electron chi connectivity index (χ2n) is 9.01. The van der Waals surface area contributed by atoms with E-state index in [1.54, 1.807) is 18.2 Å². The van der Waals surface area contributed by atoms with Crippen LogP contribution in [0.1, 0.15) is 17.2 Å². The van der Waals surface area contributed by atoms with E-state index in [4.69, 9.17) is 4.74 Å². The summed E-state index contributed by atoms with van der Waals surface area (Å²) < 4.78 is 20.5. The molecule has 40 heavy (non-hydrogen) atoms. The number of nitrogens with zero attached hydrogens (tertiary/aromatic N) is 4. The standard InChI is InChI=1S/C30H26FN5O4/c1-40-27-16-11-21(17-26(27)37)29(30(39)32-18-20-7-3-2-4-8-20)36(23-14-12-22(31)13-15-23)28(38)19-35-25-10-6-5-9-24(25)33-34-35/h2-17,29,37H,18-19H2,1H3,(H,32,39). The predicted molar refractivity (Wildman–Crippen MR) is 147 cm³/mol. The van der Waals surface area contributed by atoms with Gasteiger partial charge in [-0.15, -0.1) is 5.10 Å². The van der Waals surface area contributed by atoms with Crippen LogP contribution in [0.4, 0.5) is 10.1 Å². The first-order valence-corrected chi connectivity index (χ1v) is 12.5. The first-order chi connectivity index (χ1) is 19.4. The number of hydrogen-bond donors (Lipinski definition) is 2. The number of methoxy groups -OCH3 is 1. The lowest BCUT2D eigenvalue weighted by Gasteiger charge is -2.32. The average molecular weight is 540 g/mol. The quantitative estimate of drug-likeness (QED) is 0.288. The fourth-order valence-corrected chi connectivity index (χ4v) is 4.45. The summed E-state index contributed by atoms with van der Waals surface area (Å²) in [5.74, 6) is -1.49. The molecule has 0 spiro atoms. The molecule has 5 rings (SSSR count). The molecule has 1 unspecified atom stereocenters. The number of para-hydroxylation sites is 1. The second-order valence-corrected chi connectivity index (χ2v) is 9.01. The lowest BCUT2D eigenvalue weighted by atomic mass is 10.0. The summed E-state index contributed by atoms with van der Waals surface area (Å²) in [6, 6.07) is 25.1. The minimum atomic E-state index is -1.23. The van der Waals surface area contributed by atoms with Crippen molar-refractivity contribution >= 4 is 28.5 Å². The first kappa shape index (κ1) is 26.4. The summed E-state index contributed by atoms with van der Waals surface area (Å²) in [5.41, 5.74) is 2.72. The van der Waals surface area contributed by atoms with E-state index in [1.807, 2.05) is 42.5 Å². The predicted octanol–water partition coefficient (Wildman–Crippen LogP) is 4.38. The molecular weight excluding hydrogens is 513 g/mol. The topological polar surface area (TPSA) is 110 Å². The van der Waals surface area contributed by atoms with Gasteiger partial charge in [0.1, 0.15) is 23.9 Å². The van der Waals surface area contributed by atoms with Crippen LogP contribution in [0, 0.1) is 5.82 Å². The van der Waals surface area contributed by atoms with Crippen LogP contribution in [-0.2, 0) is 22.7 Å². The molecule has 0 radical (unpaired) electrons. The van der Waals surface area contributed by atoms with Crippen LogP contribution in [0.5, 0.6) is 11.5 Å². The maximum atomic E-state index is 14.0. The third kappa shape index (κ3) is 5.60. The number of halogens is 1. The van der Waals surface area contributed by atoms with Gasteiger partial charge in [0, 0.05) is 12.2 Å². The van der Waals surface area contributed by atoms with Gasteiger partial charge in [-0.25, -0.2) is 9.07 Å². The van der Waals surface area contributed by atoms with E-state index in [0.717, 1.165) is 5.56 Å². The number of nitrogens with one attached hydrogen (secondary N) is 1. The van der Waals surface area contributed by atoms with Crippen molar-refractivity contribution in [1.82, 2.24) is 20.3 Å². The Morgan fingerprint density at radius 2 is 1.73 bits per heavy atom. The van der Waals surface area contributed by atoms with E-state index < -0.39 is 23.7 Å². The van der Waals surface area contributed by atoms with Crippen molar-refractivity contribution in [2.75, 3.05) is 12.0 Å². The Morgan fingerprint density at radius 3 is 2.45 bits per heavy atom. The van der Waals surface area contributed by atoms with Crippen molar-refractivity contribution in [3.63, 3.8) is 0 Å². The molecule has 5 aromatic rings. The van der Waals surface area contributed by atoms with Gasteiger partial charge in [-0.3, -0.25) is 14.5 Å². The smallest absolute Gasteiger partial charge is 0.249 e. The van der Waals surface area contributed by atoms with Crippen molar-refractivity contribution in [1.29, 1.82) is 0 Å². The molecule has 0 aliphatic rings. The zero-order valence-electron chi connectivity index (χ0n) is 21.6. The Bertz CT molecular complexity index is 1640. The fraction of sp³-hybridized carbons (Fsp3) is 0.133. The molecule has 10 heteroatoms. The number of carbonyl (C=O) groups excluding carboxylic acids is 2. The van der Waals surface area contributed by atoms with Gasteiger partial charge < -0.3 is 15.2 Å². The number of aromatic hydroxyl groups is 1. The third-order valence-corrected chi connectivity index (χ3v) is 6.41. The highest BCUT2D eigenvalue weighted by atomic mass is 19.1. The molecule has 0 aliphatic carbocycles. The summed E-state index contributed by atoms with van der Waals surface area (Å²) >= 11 is 0. The van der Waals surface area contributed by atoms with E-state index in [2.05, 4.69) is 15.6 Å². The Hall–Kier alpha value is -5.25. The van der Waals surface area contributed by atoms with Crippen LogP contribution in [0.2, 0.25) is 0 Å². The van der Waals surface area contributed by atoms with E-state index in [1.165, 1.54) is 53.1 Å². The third-order valence-electron chi connectivity index (χ3n) is 6.41. The minimum Gasteiger partial charge on any atom is -0.504 e. The number of fused-ring (bicyclic) bond motifs is 1. The van der Waals surface area contributed by atoms with E-state index in [-0.39, 0.29) is 30.3 Å². The summed E-state index contributed by atoms with van der Waals surface area (Å²) in [6.45, 7) is -0.0417. The zero-order valence-corrected chi connectivity index (χ0v) is 21.6. The van der Waals surface area contributed by atoms with Crippen molar-refractivity contribution in [2.24, 2.45) is 0 Å². The van der Waals surface area contributed by atoms with E-state index in [9.17, 15) is 19.1 Å². The summed E-state index contributed by atoms with van der Waals surface area (Å²) in [4.78, 5) is 29.1. The molecule has 2 amide bonds. The molecule has 1 atom stereocenters. The Balaban J connectivity index is 1.57. The molecule has 2 N–H and O–H groups in total. The number of carbonyl (C=O) groups is 2. The zero-order chi connectivity index (χ0) is 28.1. The molecule has 1 heterocycles. The molecule has 0 aliphatic heterocycles. The Morgan fingerprint density at radius 1 is 1.00 bits per heavy atom. The lowest BCUT2D eigenvalue weighted by molar-refractivity contribution is -0.127. The van der Waals surface area contributed by atoms with Gasteiger partial charge in [0.2, 0.25) is 11.8 Å². The molecule has 9 nitrogen and oxygen atoms in total. The van der Waals surface area contributed by atoms with E-state index in [0.29, 0.717) is 16.6 Å². The van der Waals surface area contributed by atoms with Gasteiger partial charge in [-0.1, -0.05) is 53.7 Å². The first-order valence-electron chi connectivity index (χ1n) is 12.5. The molecule has 202 valence electrons. The number of ether oxygens (including phenoxy) is 1. The van der Waals surface area contributed by atoms with Gasteiger partial charge in [0.25, 0.3) is 0 Å². The van der Waals surface area contributed by atoms with Gasteiger partial charge in [0.05, 0.1) is 12.6 Å². The van der Waals surface area contributed by atoms with Gasteiger partial charge >= 0.3 is 0 Å². The minimum absolute atomic E-state index is 0.199.